The first-order chi connectivity index (χ1) is 17.2. The fraction of sp³-hybridized carbons (Fsp3) is 0.241. The molecule has 2 heterocycles. The van der Waals surface area contributed by atoms with Gasteiger partial charge in [0.15, 0.2) is 0 Å². The molecule has 1 aliphatic rings. The van der Waals surface area contributed by atoms with Crippen LogP contribution in [0.3, 0.4) is 0 Å². The lowest BCUT2D eigenvalue weighted by atomic mass is 10.1. The van der Waals surface area contributed by atoms with Gasteiger partial charge in [0.05, 0.1) is 16.5 Å². The van der Waals surface area contributed by atoms with E-state index >= 15 is 0 Å². The van der Waals surface area contributed by atoms with Crippen LogP contribution in [-0.4, -0.2) is 41.1 Å². The molecule has 0 radical (unpaired) electrons. The summed E-state index contributed by atoms with van der Waals surface area (Å²) in [5.41, 5.74) is 3.40. The number of likely N-dealkylation sites (tertiary alicyclic amines) is 1. The molecule has 0 unspecified atom stereocenters. The van der Waals surface area contributed by atoms with Crippen molar-refractivity contribution in [1.82, 2.24) is 14.9 Å². The van der Waals surface area contributed by atoms with Crippen LogP contribution in [0.2, 0.25) is 0 Å². The Morgan fingerprint density at radius 1 is 1.00 bits per heavy atom. The van der Waals surface area contributed by atoms with E-state index in [0.717, 1.165) is 53.8 Å². The number of aromatic nitrogens is 2. The number of fused-ring (bicyclic) bond motifs is 1. The molecule has 1 aromatic heterocycles. The highest BCUT2D eigenvalue weighted by atomic mass is 16.5. The maximum absolute atomic E-state index is 6.43. The number of anilines is 2. The largest absolute Gasteiger partial charge is 0.489 e. The number of piperidine rings is 1. The maximum Gasteiger partial charge on any atom is 0.145 e. The highest BCUT2D eigenvalue weighted by molar-refractivity contribution is 5.95. The van der Waals surface area contributed by atoms with Crippen LogP contribution in [0.5, 0.6) is 11.5 Å². The summed E-state index contributed by atoms with van der Waals surface area (Å²) in [6.07, 6.45) is 9.54. The first-order valence-corrected chi connectivity index (χ1v) is 11.8. The first kappa shape index (κ1) is 22.7. The summed E-state index contributed by atoms with van der Waals surface area (Å²) in [7, 11) is 2.15. The van der Waals surface area contributed by atoms with Crippen molar-refractivity contribution in [2.24, 2.45) is 0 Å². The van der Waals surface area contributed by atoms with Gasteiger partial charge in [0, 0.05) is 18.8 Å². The van der Waals surface area contributed by atoms with E-state index in [0.29, 0.717) is 23.7 Å². The van der Waals surface area contributed by atoms with Gasteiger partial charge in [-0.15, -0.1) is 6.42 Å². The number of ether oxygens (including phenoxy) is 2. The Labute approximate surface area is 205 Å². The second-order valence-corrected chi connectivity index (χ2v) is 8.75. The second kappa shape index (κ2) is 10.5. The molecule has 5 rings (SSSR count). The Bertz CT molecular complexity index is 1340. The van der Waals surface area contributed by atoms with Crippen LogP contribution in [0.15, 0.2) is 73.1 Å². The molecule has 0 atom stereocenters. The lowest BCUT2D eigenvalue weighted by Gasteiger charge is -2.29. The summed E-state index contributed by atoms with van der Waals surface area (Å²) in [5.74, 6) is 4.88. The molecule has 0 saturated carbocycles. The van der Waals surface area contributed by atoms with E-state index in [9.17, 15) is 0 Å². The number of nitrogens with zero attached hydrogens (tertiary/aromatic N) is 3. The van der Waals surface area contributed by atoms with E-state index in [2.05, 4.69) is 33.2 Å². The van der Waals surface area contributed by atoms with Gasteiger partial charge in [-0.3, -0.25) is 0 Å². The molecule has 0 amide bonds. The number of rotatable bonds is 7. The Morgan fingerprint density at radius 2 is 1.83 bits per heavy atom. The van der Waals surface area contributed by atoms with E-state index < -0.39 is 0 Å². The van der Waals surface area contributed by atoms with Crippen LogP contribution in [0.1, 0.15) is 24.0 Å². The van der Waals surface area contributed by atoms with Crippen LogP contribution in [0.25, 0.3) is 10.9 Å². The van der Waals surface area contributed by atoms with Crippen LogP contribution in [0.4, 0.5) is 11.5 Å². The molecule has 0 aliphatic carbocycles. The zero-order valence-corrected chi connectivity index (χ0v) is 19.8. The van der Waals surface area contributed by atoms with Crippen molar-refractivity contribution in [2.75, 3.05) is 25.5 Å². The molecular formula is C29H28N4O2. The minimum atomic E-state index is 0.180. The lowest BCUT2D eigenvalue weighted by molar-refractivity contribution is 0.116. The Hall–Kier alpha value is -4.08. The third-order valence-corrected chi connectivity index (χ3v) is 6.22. The predicted molar refractivity (Wildman–Crippen MR) is 139 cm³/mol. The number of hydrogen-bond acceptors (Lipinski definition) is 6. The summed E-state index contributed by atoms with van der Waals surface area (Å²) in [6, 6.07) is 21.7. The van der Waals surface area contributed by atoms with E-state index in [1.165, 1.54) is 0 Å². The van der Waals surface area contributed by atoms with Crippen LogP contribution < -0.4 is 14.8 Å². The van der Waals surface area contributed by atoms with Crippen molar-refractivity contribution in [2.45, 2.75) is 25.6 Å². The van der Waals surface area contributed by atoms with Gasteiger partial charge in [-0.1, -0.05) is 42.3 Å². The molecular weight excluding hydrogens is 436 g/mol. The molecule has 0 spiro atoms. The van der Waals surface area contributed by atoms with Crippen molar-refractivity contribution in [3.05, 3.63) is 84.2 Å². The Morgan fingerprint density at radius 3 is 2.63 bits per heavy atom. The van der Waals surface area contributed by atoms with Gasteiger partial charge in [0.25, 0.3) is 0 Å². The van der Waals surface area contributed by atoms with Crippen LogP contribution in [-0.2, 0) is 6.61 Å². The minimum absolute atomic E-state index is 0.180. The molecule has 3 aromatic carbocycles. The summed E-state index contributed by atoms with van der Waals surface area (Å²) in [4.78, 5) is 11.3. The molecule has 1 N–H and O–H groups in total. The molecule has 4 aromatic rings. The standard InChI is InChI=1S/C29H28N4O2/c1-3-22-18-23(12-13-26(22)34-19-21-8-5-4-6-9-21)32-29-28-25(30-20-31-29)10-7-11-27(28)35-24-14-16-33(2)17-15-24/h1,4-13,18,20,24H,14-17,19H2,2H3,(H,30,31,32). The monoisotopic (exact) mass is 464 g/mol. The van der Waals surface area contributed by atoms with Crippen molar-refractivity contribution >= 4 is 22.4 Å². The maximum atomic E-state index is 6.43. The fourth-order valence-corrected chi connectivity index (χ4v) is 4.27. The van der Waals surface area contributed by atoms with Gasteiger partial charge in [0.2, 0.25) is 0 Å². The molecule has 6 heteroatoms. The normalized spacial score (nSPS) is 14.4. The van der Waals surface area contributed by atoms with Gasteiger partial charge >= 0.3 is 0 Å². The fourth-order valence-electron chi connectivity index (χ4n) is 4.27. The summed E-state index contributed by atoms with van der Waals surface area (Å²) < 4.78 is 12.4. The van der Waals surface area contributed by atoms with Gasteiger partial charge in [0.1, 0.15) is 36.4 Å². The summed E-state index contributed by atoms with van der Waals surface area (Å²) in [5, 5.41) is 4.28. The van der Waals surface area contributed by atoms with Gasteiger partial charge in [-0.25, -0.2) is 9.97 Å². The molecule has 6 nitrogen and oxygen atoms in total. The predicted octanol–water partition coefficient (Wildman–Crippen LogP) is 5.41. The molecule has 1 saturated heterocycles. The smallest absolute Gasteiger partial charge is 0.145 e. The lowest BCUT2D eigenvalue weighted by Crippen LogP contribution is -2.35. The molecule has 0 bridgehead atoms. The quantitative estimate of drug-likeness (QED) is 0.369. The van der Waals surface area contributed by atoms with Gasteiger partial charge < -0.3 is 19.7 Å². The molecule has 35 heavy (non-hydrogen) atoms. The van der Waals surface area contributed by atoms with E-state index in [1.807, 2.05) is 66.7 Å². The summed E-state index contributed by atoms with van der Waals surface area (Å²) in [6.45, 7) is 2.52. The van der Waals surface area contributed by atoms with Crippen LogP contribution in [0, 0.1) is 12.3 Å². The summed E-state index contributed by atoms with van der Waals surface area (Å²) >= 11 is 0. The SMILES string of the molecule is C#Cc1cc(Nc2ncnc3cccc(OC4CCN(C)CC4)c23)ccc1OCc1ccccc1. The molecule has 1 fully saturated rings. The number of benzene rings is 3. The van der Waals surface area contributed by atoms with Gasteiger partial charge in [-0.05, 0) is 55.8 Å². The van der Waals surface area contributed by atoms with Crippen molar-refractivity contribution in [1.29, 1.82) is 0 Å². The van der Waals surface area contributed by atoms with Crippen molar-refractivity contribution in [3.63, 3.8) is 0 Å². The van der Waals surface area contributed by atoms with E-state index in [-0.39, 0.29) is 6.10 Å². The number of hydrogen-bond donors (Lipinski definition) is 1. The highest BCUT2D eigenvalue weighted by Gasteiger charge is 2.20. The van der Waals surface area contributed by atoms with E-state index in [4.69, 9.17) is 15.9 Å². The zero-order chi connectivity index (χ0) is 24.0. The third kappa shape index (κ3) is 5.37. The average molecular weight is 465 g/mol. The van der Waals surface area contributed by atoms with Crippen molar-refractivity contribution < 1.29 is 9.47 Å². The topological polar surface area (TPSA) is 59.5 Å². The zero-order valence-electron chi connectivity index (χ0n) is 19.8. The Kier molecular flexibility index (Phi) is 6.78. The molecule has 176 valence electrons. The number of nitrogens with one attached hydrogen (secondary N) is 1. The average Bonchev–Trinajstić information content (AvgIpc) is 2.90. The van der Waals surface area contributed by atoms with Crippen LogP contribution >= 0.6 is 0 Å². The Balaban J connectivity index is 1.38. The third-order valence-electron chi connectivity index (χ3n) is 6.22. The molecule has 1 aliphatic heterocycles. The highest BCUT2D eigenvalue weighted by Crippen LogP contribution is 2.34. The second-order valence-electron chi connectivity index (χ2n) is 8.75. The van der Waals surface area contributed by atoms with Gasteiger partial charge in [-0.2, -0.15) is 0 Å². The van der Waals surface area contributed by atoms with Crippen molar-refractivity contribution in [3.8, 4) is 23.8 Å². The number of terminal acetylenes is 1. The first-order valence-electron chi connectivity index (χ1n) is 11.8. The van der Waals surface area contributed by atoms with E-state index in [1.54, 1.807) is 6.33 Å². The minimum Gasteiger partial charge on any atom is -0.489 e.